The maximum atomic E-state index is 13.6. The third kappa shape index (κ3) is 7.49. The predicted molar refractivity (Wildman–Crippen MR) is 134 cm³/mol. The molecule has 4 N–H and O–H groups in total. The summed E-state index contributed by atoms with van der Waals surface area (Å²) in [6, 6.07) is 5.54. The highest BCUT2D eigenvalue weighted by Crippen LogP contribution is 2.43. The summed E-state index contributed by atoms with van der Waals surface area (Å²) in [6.45, 7) is 11.2. The lowest BCUT2D eigenvalue weighted by molar-refractivity contribution is -0.137. The molecule has 0 aliphatic heterocycles. The Bertz CT molecular complexity index is 904. The molecule has 0 radical (unpaired) electrons. The van der Waals surface area contributed by atoms with Crippen LogP contribution >= 0.6 is 11.6 Å². The van der Waals surface area contributed by atoms with Gasteiger partial charge in [0.1, 0.15) is 12.1 Å². The molecule has 1 atom stereocenters. The number of hydrogen-bond acceptors (Lipinski definition) is 4. The first-order valence-corrected chi connectivity index (χ1v) is 12.2. The van der Waals surface area contributed by atoms with E-state index in [-0.39, 0.29) is 30.3 Å². The molecule has 1 aliphatic rings. The zero-order valence-corrected chi connectivity index (χ0v) is 21.5. The fourth-order valence-electron chi connectivity index (χ4n) is 4.94. The fourth-order valence-corrected chi connectivity index (χ4v) is 5.12. The molecule has 3 amide bonds. The lowest BCUT2D eigenvalue weighted by Gasteiger charge is -2.44. The number of hydrogen-bond donors (Lipinski definition) is 3. The summed E-state index contributed by atoms with van der Waals surface area (Å²) < 4.78 is 5.03. The monoisotopic (exact) mass is 491 g/mol. The minimum Gasteiger partial charge on any atom is -0.445 e. The van der Waals surface area contributed by atoms with Crippen LogP contribution < -0.4 is 16.4 Å². The van der Waals surface area contributed by atoms with Gasteiger partial charge < -0.3 is 21.1 Å². The van der Waals surface area contributed by atoms with Crippen molar-refractivity contribution in [2.24, 2.45) is 11.7 Å². The Hall–Kier alpha value is -2.54. The minimum atomic E-state index is -1.01. The predicted octanol–water partition coefficient (Wildman–Crippen LogP) is 4.96. The van der Waals surface area contributed by atoms with Crippen molar-refractivity contribution >= 4 is 29.5 Å². The summed E-state index contributed by atoms with van der Waals surface area (Å²) in [5.41, 5.74) is 5.61. The molecule has 0 aromatic heterocycles. The van der Waals surface area contributed by atoms with Gasteiger partial charge in [-0.25, -0.2) is 4.79 Å². The normalized spacial score (nSPS) is 20.0. The van der Waals surface area contributed by atoms with Gasteiger partial charge in [0, 0.05) is 17.5 Å². The number of amides is 3. The first-order valence-electron chi connectivity index (χ1n) is 11.8. The summed E-state index contributed by atoms with van der Waals surface area (Å²) in [7, 11) is 0. The van der Waals surface area contributed by atoms with Gasteiger partial charge in [0.25, 0.3) is 0 Å². The van der Waals surface area contributed by atoms with Crippen LogP contribution in [0.5, 0.6) is 0 Å². The highest BCUT2D eigenvalue weighted by molar-refractivity contribution is 6.30. The van der Waals surface area contributed by atoms with Crippen molar-refractivity contribution in [1.29, 1.82) is 0 Å². The number of carbonyl (C=O) groups excluding carboxylic acids is 3. The summed E-state index contributed by atoms with van der Waals surface area (Å²) in [6.07, 6.45) is 5.19. The fraction of sp³-hybridized carbons (Fsp3) is 0.577. The van der Waals surface area contributed by atoms with Crippen LogP contribution in [-0.2, 0) is 20.9 Å². The maximum absolute atomic E-state index is 13.6. The Morgan fingerprint density at radius 2 is 1.82 bits per heavy atom. The Morgan fingerprint density at radius 3 is 2.35 bits per heavy atom. The Morgan fingerprint density at radius 1 is 1.18 bits per heavy atom. The van der Waals surface area contributed by atoms with Crippen LogP contribution in [-0.4, -0.2) is 29.0 Å². The zero-order chi connectivity index (χ0) is 25.5. The van der Waals surface area contributed by atoms with Crippen molar-refractivity contribution in [2.45, 2.75) is 89.8 Å². The van der Waals surface area contributed by atoms with Crippen molar-refractivity contribution in [3.05, 3.63) is 47.0 Å². The van der Waals surface area contributed by atoms with E-state index < -0.39 is 17.2 Å². The molecule has 1 aromatic carbocycles. The molecule has 1 fully saturated rings. The number of rotatable bonds is 9. The molecular weight excluding hydrogens is 454 g/mol. The van der Waals surface area contributed by atoms with Crippen molar-refractivity contribution in [3.63, 3.8) is 0 Å². The van der Waals surface area contributed by atoms with Crippen LogP contribution in [0.25, 0.3) is 0 Å². The molecule has 8 heteroatoms. The van der Waals surface area contributed by atoms with E-state index in [1.54, 1.807) is 12.1 Å². The Balaban J connectivity index is 2.31. The quantitative estimate of drug-likeness (QED) is 0.423. The van der Waals surface area contributed by atoms with Gasteiger partial charge in [0.15, 0.2) is 0 Å². The van der Waals surface area contributed by atoms with Crippen molar-refractivity contribution in [3.8, 4) is 0 Å². The van der Waals surface area contributed by atoms with E-state index in [9.17, 15) is 14.4 Å². The van der Waals surface area contributed by atoms with Crippen molar-refractivity contribution in [2.75, 3.05) is 0 Å². The van der Waals surface area contributed by atoms with Crippen LogP contribution in [0.2, 0.25) is 5.02 Å². The highest BCUT2D eigenvalue weighted by Gasteiger charge is 2.47. The van der Waals surface area contributed by atoms with Crippen LogP contribution in [0, 0.1) is 5.92 Å². The molecule has 0 spiro atoms. The summed E-state index contributed by atoms with van der Waals surface area (Å²) in [5, 5.41) is 6.74. The van der Waals surface area contributed by atoms with E-state index in [4.69, 9.17) is 22.1 Å². The molecule has 7 nitrogen and oxygen atoms in total. The van der Waals surface area contributed by atoms with Gasteiger partial charge in [-0.05, 0) is 94.4 Å². The molecule has 188 valence electrons. The summed E-state index contributed by atoms with van der Waals surface area (Å²) >= 11 is 6.28. The van der Waals surface area contributed by atoms with E-state index >= 15 is 0 Å². The Kier molecular flexibility index (Phi) is 9.56. The standard InChI is InChI=1S/C26H38ClN3O4/c1-6-7-14-26(29-17(2)31,23(32)30-25(3,4)5)20-11-8-18(9-12-20)22-15-21(27)13-10-19(22)16-34-24(28)33/h6,10,13,15,18,20H,1,7-9,11-12,14,16H2,2-5H3,(H2,28,33)(H,29,31)(H,30,32)/t18?,20?,26-/m0/s1. The van der Waals surface area contributed by atoms with Crippen molar-refractivity contribution in [1.82, 2.24) is 10.6 Å². The lowest BCUT2D eigenvalue weighted by Crippen LogP contribution is -2.65. The van der Waals surface area contributed by atoms with E-state index in [0.29, 0.717) is 17.9 Å². The van der Waals surface area contributed by atoms with Crippen molar-refractivity contribution < 1.29 is 19.1 Å². The second-order valence-corrected chi connectivity index (χ2v) is 10.6. The molecule has 1 aromatic rings. The molecule has 0 unspecified atom stereocenters. The van der Waals surface area contributed by atoms with Gasteiger partial charge in [-0.1, -0.05) is 23.7 Å². The molecule has 2 rings (SSSR count). The number of nitrogens with two attached hydrogens (primary N) is 1. The molecule has 34 heavy (non-hydrogen) atoms. The number of primary amides is 1. The largest absolute Gasteiger partial charge is 0.445 e. The lowest BCUT2D eigenvalue weighted by atomic mass is 9.67. The third-order valence-electron chi connectivity index (χ3n) is 6.38. The maximum Gasteiger partial charge on any atom is 0.404 e. The van der Waals surface area contributed by atoms with Gasteiger partial charge in [0.2, 0.25) is 11.8 Å². The van der Waals surface area contributed by atoms with Gasteiger partial charge in [-0.2, -0.15) is 0 Å². The highest BCUT2D eigenvalue weighted by atomic mass is 35.5. The van der Waals surface area contributed by atoms with Crippen LogP contribution in [0.15, 0.2) is 30.9 Å². The smallest absolute Gasteiger partial charge is 0.404 e. The number of benzene rings is 1. The third-order valence-corrected chi connectivity index (χ3v) is 6.61. The number of carbonyl (C=O) groups is 3. The van der Waals surface area contributed by atoms with Gasteiger partial charge in [-0.3, -0.25) is 9.59 Å². The minimum absolute atomic E-state index is 0.0283. The second kappa shape index (κ2) is 11.7. The molecule has 1 aliphatic carbocycles. The average Bonchev–Trinajstić information content (AvgIpc) is 2.74. The molecule has 1 saturated carbocycles. The summed E-state index contributed by atoms with van der Waals surface area (Å²) in [4.78, 5) is 36.9. The molecule has 0 saturated heterocycles. The van der Waals surface area contributed by atoms with E-state index in [1.807, 2.05) is 32.9 Å². The first-order chi connectivity index (χ1) is 15.9. The molecular formula is C26H38ClN3O4. The molecule has 0 heterocycles. The van der Waals surface area contributed by atoms with Crippen LogP contribution in [0.4, 0.5) is 4.79 Å². The topological polar surface area (TPSA) is 111 Å². The van der Waals surface area contributed by atoms with Gasteiger partial charge in [-0.15, -0.1) is 6.58 Å². The van der Waals surface area contributed by atoms with E-state index in [0.717, 1.165) is 36.8 Å². The zero-order valence-electron chi connectivity index (χ0n) is 20.7. The van der Waals surface area contributed by atoms with E-state index in [1.165, 1.54) is 6.92 Å². The van der Waals surface area contributed by atoms with Crippen LogP contribution in [0.1, 0.15) is 83.3 Å². The number of ether oxygens (including phenoxy) is 1. The van der Waals surface area contributed by atoms with Gasteiger partial charge >= 0.3 is 6.09 Å². The van der Waals surface area contributed by atoms with Gasteiger partial charge in [0.05, 0.1) is 0 Å². The SMILES string of the molecule is C=CCC[C@@](NC(C)=O)(C(=O)NC(C)(C)C)C1CCC(c2cc(Cl)ccc2COC(N)=O)CC1. The Labute approximate surface area is 207 Å². The number of allylic oxidation sites excluding steroid dienone is 1. The first kappa shape index (κ1) is 27.7. The number of halogens is 1. The number of nitrogens with one attached hydrogen (secondary N) is 2. The van der Waals surface area contributed by atoms with E-state index in [2.05, 4.69) is 17.2 Å². The molecule has 0 bridgehead atoms. The average molecular weight is 492 g/mol. The summed E-state index contributed by atoms with van der Waals surface area (Å²) in [5.74, 6) is -0.212. The van der Waals surface area contributed by atoms with Crippen LogP contribution in [0.3, 0.4) is 0 Å². The second-order valence-electron chi connectivity index (χ2n) is 10.2.